The van der Waals surface area contributed by atoms with E-state index in [1.54, 1.807) is 0 Å². The maximum absolute atomic E-state index is 13.2. The summed E-state index contributed by atoms with van der Waals surface area (Å²) in [6, 6.07) is 0. The smallest absolute Gasteiger partial charge is 0.312 e. The van der Waals surface area contributed by atoms with E-state index in [0.717, 1.165) is 32.1 Å². The van der Waals surface area contributed by atoms with Crippen molar-refractivity contribution in [2.24, 2.45) is 16.2 Å². The number of ether oxygens (including phenoxy) is 1. The summed E-state index contributed by atoms with van der Waals surface area (Å²) in [5.74, 6) is -0.0212. The number of rotatable bonds is 7. The molecule has 0 aromatic carbocycles. The van der Waals surface area contributed by atoms with Crippen molar-refractivity contribution in [2.75, 3.05) is 0 Å². The van der Waals surface area contributed by atoms with E-state index in [-0.39, 0.29) is 22.4 Å². The van der Waals surface area contributed by atoms with Gasteiger partial charge in [0.1, 0.15) is 5.60 Å². The Bertz CT molecular complexity index is 353. The standard InChI is InChI=1S/C20H40O2/c1-11-14-20(12-2,13-3)22-16(21)19(10,18(7,8)9)15-17(4,5)6/h11-15H2,1-10H3. The zero-order valence-electron chi connectivity index (χ0n) is 16.9. The van der Waals surface area contributed by atoms with Crippen molar-refractivity contribution in [1.82, 2.24) is 0 Å². The number of hydrogen-bond acceptors (Lipinski definition) is 2. The summed E-state index contributed by atoms with van der Waals surface area (Å²) in [4.78, 5) is 13.2. The van der Waals surface area contributed by atoms with Gasteiger partial charge in [0.25, 0.3) is 0 Å². The van der Waals surface area contributed by atoms with E-state index in [1.807, 2.05) is 0 Å². The van der Waals surface area contributed by atoms with E-state index in [2.05, 4.69) is 69.2 Å². The molecule has 0 radical (unpaired) electrons. The first-order valence-electron chi connectivity index (χ1n) is 9.00. The molecule has 0 aromatic heterocycles. The fourth-order valence-corrected chi connectivity index (χ4v) is 3.27. The van der Waals surface area contributed by atoms with Gasteiger partial charge in [-0.15, -0.1) is 0 Å². The van der Waals surface area contributed by atoms with Crippen LogP contribution >= 0.6 is 0 Å². The van der Waals surface area contributed by atoms with Crippen molar-refractivity contribution in [1.29, 1.82) is 0 Å². The van der Waals surface area contributed by atoms with E-state index in [0.29, 0.717) is 0 Å². The molecular formula is C20H40O2. The molecule has 0 N–H and O–H groups in total. The lowest BCUT2D eigenvalue weighted by atomic mass is 9.61. The molecule has 0 saturated heterocycles. The van der Waals surface area contributed by atoms with Crippen molar-refractivity contribution in [3.8, 4) is 0 Å². The van der Waals surface area contributed by atoms with Gasteiger partial charge in [-0.2, -0.15) is 0 Å². The lowest BCUT2D eigenvalue weighted by molar-refractivity contribution is -0.183. The third-order valence-electron chi connectivity index (χ3n) is 5.29. The highest BCUT2D eigenvalue weighted by molar-refractivity contribution is 5.78. The van der Waals surface area contributed by atoms with Crippen LogP contribution in [0.5, 0.6) is 0 Å². The summed E-state index contributed by atoms with van der Waals surface area (Å²) in [6.07, 6.45) is 4.59. The SMILES string of the molecule is CCCC(CC)(CC)OC(=O)C(C)(CC(C)(C)C)C(C)(C)C. The minimum absolute atomic E-state index is 0.0212. The molecule has 0 aliphatic carbocycles. The van der Waals surface area contributed by atoms with Gasteiger partial charge in [-0.3, -0.25) is 4.79 Å². The molecule has 0 saturated carbocycles. The number of hydrogen-bond donors (Lipinski definition) is 0. The van der Waals surface area contributed by atoms with E-state index in [1.165, 1.54) is 0 Å². The molecule has 2 nitrogen and oxygen atoms in total. The van der Waals surface area contributed by atoms with Crippen LogP contribution in [0, 0.1) is 16.2 Å². The molecule has 0 heterocycles. The Morgan fingerprint density at radius 1 is 0.864 bits per heavy atom. The van der Waals surface area contributed by atoms with Gasteiger partial charge in [-0.1, -0.05) is 68.7 Å². The van der Waals surface area contributed by atoms with Crippen LogP contribution in [-0.2, 0) is 9.53 Å². The van der Waals surface area contributed by atoms with Crippen molar-refractivity contribution in [3.05, 3.63) is 0 Å². The van der Waals surface area contributed by atoms with Crippen LogP contribution in [0.15, 0.2) is 0 Å². The first kappa shape index (κ1) is 21.5. The molecule has 0 spiro atoms. The van der Waals surface area contributed by atoms with Crippen molar-refractivity contribution in [2.45, 2.75) is 107 Å². The summed E-state index contributed by atoms with van der Waals surface area (Å²) >= 11 is 0. The van der Waals surface area contributed by atoms with E-state index < -0.39 is 5.41 Å². The second kappa shape index (κ2) is 7.36. The molecule has 0 aromatic rings. The van der Waals surface area contributed by atoms with E-state index >= 15 is 0 Å². The summed E-state index contributed by atoms with van der Waals surface area (Å²) in [5.41, 5.74) is -0.811. The van der Waals surface area contributed by atoms with Gasteiger partial charge in [0.05, 0.1) is 5.41 Å². The van der Waals surface area contributed by atoms with Crippen LogP contribution < -0.4 is 0 Å². The zero-order chi connectivity index (χ0) is 17.8. The molecule has 1 atom stereocenters. The Balaban J connectivity index is 5.55. The molecular weight excluding hydrogens is 272 g/mol. The summed E-state index contributed by atoms with van der Waals surface area (Å²) in [5, 5.41) is 0. The third-order valence-corrected chi connectivity index (χ3v) is 5.29. The normalized spacial score (nSPS) is 16.3. The van der Waals surface area contributed by atoms with Gasteiger partial charge in [0, 0.05) is 0 Å². The molecule has 0 amide bonds. The summed E-state index contributed by atoms with van der Waals surface area (Å²) in [7, 11) is 0. The van der Waals surface area contributed by atoms with Crippen LogP contribution in [-0.4, -0.2) is 11.6 Å². The van der Waals surface area contributed by atoms with E-state index in [9.17, 15) is 4.79 Å². The first-order chi connectivity index (χ1) is 9.77. The Morgan fingerprint density at radius 3 is 1.59 bits per heavy atom. The molecule has 2 heteroatoms. The summed E-state index contributed by atoms with van der Waals surface area (Å²) in [6.45, 7) is 21.6. The average Bonchev–Trinajstić information content (AvgIpc) is 2.34. The van der Waals surface area contributed by atoms with Crippen molar-refractivity contribution in [3.63, 3.8) is 0 Å². The highest BCUT2D eigenvalue weighted by Gasteiger charge is 2.49. The van der Waals surface area contributed by atoms with Crippen LogP contribution in [0.4, 0.5) is 0 Å². The molecule has 0 bridgehead atoms. The molecule has 0 fully saturated rings. The van der Waals surface area contributed by atoms with Crippen LogP contribution in [0.25, 0.3) is 0 Å². The monoisotopic (exact) mass is 312 g/mol. The predicted octanol–water partition coefficient (Wildman–Crippen LogP) is 6.38. The Hall–Kier alpha value is -0.530. The van der Waals surface area contributed by atoms with Crippen LogP contribution in [0.2, 0.25) is 0 Å². The molecule has 0 rings (SSSR count). The number of esters is 1. The minimum Gasteiger partial charge on any atom is -0.459 e. The highest BCUT2D eigenvalue weighted by Crippen LogP contribution is 2.48. The fraction of sp³-hybridized carbons (Fsp3) is 0.950. The Kier molecular flexibility index (Phi) is 7.18. The molecule has 132 valence electrons. The molecule has 0 aliphatic rings. The lowest BCUT2D eigenvalue weighted by Gasteiger charge is -2.45. The van der Waals surface area contributed by atoms with Crippen LogP contribution in [0.1, 0.15) is 101 Å². The van der Waals surface area contributed by atoms with Gasteiger partial charge in [0.2, 0.25) is 0 Å². The quantitative estimate of drug-likeness (QED) is 0.510. The molecule has 0 aliphatic heterocycles. The maximum Gasteiger partial charge on any atom is 0.312 e. The minimum atomic E-state index is -0.478. The van der Waals surface area contributed by atoms with Crippen molar-refractivity contribution < 1.29 is 9.53 Å². The molecule has 22 heavy (non-hydrogen) atoms. The van der Waals surface area contributed by atoms with Crippen molar-refractivity contribution >= 4 is 5.97 Å². The number of carbonyl (C=O) groups excluding carboxylic acids is 1. The van der Waals surface area contributed by atoms with Crippen LogP contribution in [0.3, 0.4) is 0 Å². The van der Waals surface area contributed by atoms with Gasteiger partial charge in [0.15, 0.2) is 0 Å². The van der Waals surface area contributed by atoms with E-state index in [4.69, 9.17) is 4.74 Å². The second-order valence-electron chi connectivity index (χ2n) is 9.35. The maximum atomic E-state index is 13.2. The third kappa shape index (κ3) is 5.28. The zero-order valence-corrected chi connectivity index (χ0v) is 16.9. The average molecular weight is 313 g/mol. The topological polar surface area (TPSA) is 26.3 Å². The number of carbonyl (C=O) groups is 1. The first-order valence-corrected chi connectivity index (χ1v) is 9.00. The fourth-order valence-electron chi connectivity index (χ4n) is 3.27. The molecule has 1 unspecified atom stereocenters. The predicted molar refractivity (Wildman–Crippen MR) is 95.9 cm³/mol. The van der Waals surface area contributed by atoms with Gasteiger partial charge < -0.3 is 4.74 Å². The Morgan fingerprint density at radius 2 is 1.32 bits per heavy atom. The van der Waals surface area contributed by atoms with Gasteiger partial charge in [-0.05, 0) is 43.4 Å². The largest absolute Gasteiger partial charge is 0.459 e. The lowest BCUT2D eigenvalue weighted by Crippen LogP contribution is -2.48. The van der Waals surface area contributed by atoms with Gasteiger partial charge >= 0.3 is 5.97 Å². The Labute approximate surface area is 139 Å². The van der Waals surface area contributed by atoms with Gasteiger partial charge in [-0.25, -0.2) is 0 Å². The highest BCUT2D eigenvalue weighted by atomic mass is 16.6. The summed E-state index contributed by atoms with van der Waals surface area (Å²) < 4.78 is 6.18. The second-order valence-corrected chi connectivity index (χ2v) is 9.35.